The summed E-state index contributed by atoms with van der Waals surface area (Å²) in [6.45, 7) is 0.565. The molecule has 0 aliphatic heterocycles. The standard InChI is InChI=1S/C16H21N5OS/c22-14(19-12-6-2-1-3-7-12)9-11-18-16-21-20-15(23-16)13-8-4-5-10-17-13/h4-5,8,10,12H,1-3,6-7,9,11H2,(H,18,21)(H,19,22). The second-order valence-electron chi connectivity index (χ2n) is 5.71. The van der Waals surface area contributed by atoms with Crippen LogP contribution in [0.4, 0.5) is 5.13 Å². The molecule has 1 fully saturated rings. The molecule has 1 aliphatic carbocycles. The molecule has 1 amide bonds. The molecule has 2 aromatic heterocycles. The molecule has 1 saturated carbocycles. The first-order chi connectivity index (χ1) is 11.3. The predicted molar refractivity (Wildman–Crippen MR) is 91.3 cm³/mol. The van der Waals surface area contributed by atoms with Crippen LogP contribution in [0.3, 0.4) is 0 Å². The quantitative estimate of drug-likeness (QED) is 0.851. The van der Waals surface area contributed by atoms with Gasteiger partial charge in [-0.25, -0.2) is 0 Å². The van der Waals surface area contributed by atoms with Gasteiger partial charge in [0, 0.05) is 25.2 Å². The van der Waals surface area contributed by atoms with Crippen molar-refractivity contribution >= 4 is 22.4 Å². The SMILES string of the molecule is O=C(CCNc1nnc(-c2ccccn2)s1)NC1CCCCC1. The van der Waals surface area contributed by atoms with Crippen LogP contribution in [0.15, 0.2) is 24.4 Å². The molecule has 0 radical (unpaired) electrons. The van der Waals surface area contributed by atoms with Crippen LogP contribution in [0.1, 0.15) is 38.5 Å². The summed E-state index contributed by atoms with van der Waals surface area (Å²) in [6.07, 6.45) is 8.17. The first-order valence-corrected chi connectivity index (χ1v) is 8.91. The maximum Gasteiger partial charge on any atom is 0.221 e. The lowest BCUT2D eigenvalue weighted by molar-refractivity contribution is -0.121. The van der Waals surface area contributed by atoms with Crippen molar-refractivity contribution in [1.29, 1.82) is 0 Å². The average molecular weight is 331 g/mol. The van der Waals surface area contributed by atoms with E-state index < -0.39 is 0 Å². The van der Waals surface area contributed by atoms with Crippen molar-refractivity contribution in [1.82, 2.24) is 20.5 Å². The summed E-state index contributed by atoms with van der Waals surface area (Å²) >= 11 is 1.45. The average Bonchev–Trinajstić information content (AvgIpc) is 3.05. The number of anilines is 1. The third-order valence-electron chi connectivity index (χ3n) is 3.91. The van der Waals surface area contributed by atoms with Crippen LogP contribution >= 0.6 is 11.3 Å². The number of hydrogen-bond acceptors (Lipinski definition) is 6. The number of rotatable bonds is 6. The lowest BCUT2D eigenvalue weighted by Crippen LogP contribution is -2.36. The third-order valence-corrected chi connectivity index (χ3v) is 4.81. The van der Waals surface area contributed by atoms with Gasteiger partial charge in [-0.3, -0.25) is 9.78 Å². The summed E-state index contributed by atoms with van der Waals surface area (Å²) in [6, 6.07) is 6.07. The van der Waals surface area contributed by atoms with E-state index in [2.05, 4.69) is 25.8 Å². The fourth-order valence-corrected chi connectivity index (χ4v) is 3.46. The summed E-state index contributed by atoms with van der Waals surface area (Å²) in [5.74, 6) is 0.110. The Labute approximate surface area is 139 Å². The third kappa shape index (κ3) is 4.72. The summed E-state index contributed by atoms with van der Waals surface area (Å²) in [5, 5.41) is 16.0. The van der Waals surface area contributed by atoms with Gasteiger partial charge in [-0.15, -0.1) is 10.2 Å². The van der Waals surface area contributed by atoms with Gasteiger partial charge in [0.25, 0.3) is 0 Å². The molecule has 6 nitrogen and oxygen atoms in total. The Kier molecular flexibility index (Phi) is 5.52. The molecule has 2 aromatic rings. The molecular weight excluding hydrogens is 310 g/mol. The van der Waals surface area contributed by atoms with Gasteiger partial charge in [0.05, 0.1) is 0 Å². The molecular formula is C16H21N5OS. The zero-order valence-corrected chi connectivity index (χ0v) is 13.8. The maximum absolute atomic E-state index is 11.9. The van der Waals surface area contributed by atoms with Gasteiger partial charge < -0.3 is 10.6 Å². The van der Waals surface area contributed by atoms with E-state index in [1.165, 1.54) is 30.6 Å². The highest BCUT2D eigenvalue weighted by Gasteiger charge is 2.15. The summed E-state index contributed by atoms with van der Waals surface area (Å²) in [7, 11) is 0. The minimum absolute atomic E-state index is 0.110. The van der Waals surface area contributed by atoms with Crippen molar-refractivity contribution in [2.24, 2.45) is 0 Å². The molecule has 23 heavy (non-hydrogen) atoms. The fourth-order valence-electron chi connectivity index (χ4n) is 2.72. The Morgan fingerprint density at radius 3 is 2.87 bits per heavy atom. The second kappa shape index (κ2) is 8.01. The van der Waals surface area contributed by atoms with E-state index in [9.17, 15) is 4.79 Å². The second-order valence-corrected chi connectivity index (χ2v) is 6.68. The van der Waals surface area contributed by atoms with Crippen LogP contribution in [0.2, 0.25) is 0 Å². The van der Waals surface area contributed by atoms with Gasteiger partial charge in [-0.05, 0) is 25.0 Å². The number of aromatic nitrogens is 3. The van der Waals surface area contributed by atoms with Gasteiger partial charge in [-0.2, -0.15) is 0 Å². The fraction of sp³-hybridized carbons (Fsp3) is 0.500. The smallest absolute Gasteiger partial charge is 0.221 e. The predicted octanol–water partition coefficient (Wildman–Crippen LogP) is 2.85. The van der Waals surface area contributed by atoms with Crippen molar-refractivity contribution < 1.29 is 4.79 Å². The summed E-state index contributed by atoms with van der Waals surface area (Å²) in [4.78, 5) is 16.2. The largest absolute Gasteiger partial charge is 0.360 e. The van der Waals surface area contributed by atoms with E-state index in [0.717, 1.165) is 28.7 Å². The Hall–Kier alpha value is -2.02. The van der Waals surface area contributed by atoms with E-state index in [1.54, 1.807) is 6.20 Å². The Balaban J connectivity index is 1.42. The van der Waals surface area contributed by atoms with E-state index >= 15 is 0 Å². The lowest BCUT2D eigenvalue weighted by Gasteiger charge is -2.22. The molecule has 0 bridgehead atoms. The Morgan fingerprint density at radius 2 is 2.09 bits per heavy atom. The van der Waals surface area contributed by atoms with E-state index in [-0.39, 0.29) is 5.91 Å². The van der Waals surface area contributed by atoms with E-state index in [4.69, 9.17) is 0 Å². The molecule has 0 aromatic carbocycles. The monoisotopic (exact) mass is 331 g/mol. The number of carbonyl (C=O) groups is 1. The number of amides is 1. The highest BCUT2D eigenvalue weighted by Crippen LogP contribution is 2.24. The molecule has 2 N–H and O–H groups in total. The van der Waals surface area contributed by atoms with Crippen LogP contribution in [-0.2, 0) is 4.79 Å². The van der Waals surface area contributed by atoms with Crippen LogP contribution < -0.4 is 10.6 Å². The van der Waals surface area contributed by atoms with Crippen LogP contribution in [0, 0.1) is 0 Å². The van der Waals surface area contributed by atoms with Gasteiger partial charge in [0.2, 0.25) is 11.0 Å². The molecule has 0 unspecified atom stereocenters. The number of hydrogen-bond donors (Lipinski definition) is 2. The van der Waals surface area contributed by atoms with Crippen LogP contribution in [-0.4, -0.2) is 33.7 Å². The molecule has 3 rings (SSSR count). The first-order valence-electron chi connectivity index (χ1n) is 8.09. The zero-order valence-electron chi connectivity index (χ0n) is 13.0. The minimum Gasteiger partial charge on any atom is -0.360 e. The summed E-state index contributed by atoms with van der Waals surface area (Å²) in [5.41, 5.74) is 0.813. The number of nitrogens with zero attached hydrogens (tertiary/aromatic N) is 3. The maximum atomic E-state index is 11.9. The normalized spacial score (nSPS) is 15.3. The molecule has 0 atom stereocenters. The number of carbonyl (C=O) groups excluding carboxylic acids is 1. The van der Waals surface area contributed by atoms with Crippen molar-refractivity contribution in [2.45, 2.75) is 44.6 Å². The first kappa shape index (κ1) is 15.9. The van der Waals surface area contributed by atoms with Crippen molar-refractivity contribution in [3.05, 3.63) is 24.4 Å². The molecule has 122 valence electrons. The molecule has 2 heterocycles. The van der Waals surface area contributed by atoms with E-state index in [1.807, 2.05) is 18.2 Å². The van der Waals surface area contributed by atoms with Crippen LogP contribution in [0.25, 0.3) is 10.7 Å². The molecule has 7 heteroatoms. The summed E-state index contributed by atoms with van der Waals surface area (Å²) < 4.78 is 0. The molecule has 0 saturated heterocycles. The van der Waals surface area contributed by atoms with Crippen LogP contribution in [0.5, 0.6) is 0 Å². The zero-order chi connectivity index (χ0) is 15.9. The van der Waals surface area contributed by atoms with Gasteiger partial charge in [0.1, 0.15) is 5.69 Å². The minimum atomic E-state index is 0.110. The Bertz CT molecular complexity index is 624. The Morgan fingerprint density at radius 1 is 1.22 bits per heavy atom. The van der Waals surface area contributed by atoms with Crippen molar-refractivity contribution in [3.63, 3.8) is 0 Å². The number of nitrogens with one attached hydrogen (secondary N) is 2. The topological polar surface area (TPSA) is 79.8 Å². The lowest BCUT2D eigenvalue weighted by atomic mass is 9.95. The highest BCUT2D eigenvalue weighted by molar-refractivity contribution is 7.18. The number of pyridine rings is 1. The van der Waals surface area contributed by atoms with E-state index in [0.29, 0.717) is 19.0 Å². The van der Waals surface area contributed by atoms with Crippen molar-refractivity contribution in [3.8, 4) is 10.7 Å². The highest BCUT2D eigenvalue weighted by atomic mass is 32.1. The van der Waals surface area contributed by atoms with Gasteiger partial charge in [0.15, 0.2) is 5.01 Å². The molecule has 1 aliphatic rings. The van der Waals surface area contributed by atoms with Crippen molar-refractivity contribution in [2.75, 3.05) is 11.9 Å². The van der Waals surface area contributed by atoms with Gasteiger partial charge in [-0.1, -0.05) is 36.7 Å². The molecule has 0 spiro atoms. The van der Waals surface area contributed by atoms with Gasteiger partial charge >= 0.3 is 0 Å².